The summed E-state index contributed by atoms with van der Waals surface area (Å²) in [5.74, 6) is 0. The molecule has 1 aromatic carbocycles. The molecule has 0 aliphatic rings. The van der Waals surface area contributed by atoms with Crippen molar-refractivity contribution in [1.29, 1.82) is 0 Å². The van der Waals surface area contributed by atoms with Gasteiger partial charge in [-0.3, -0.25) is 9.36 Å². The van der Waals surface area contributed by atoms with Gasteiger partial charge in [0.05, 0.1) is 29.2 Å². The Labute approximate surface area is 147 Å². The van der Waals surface area contributed by atoms with Crippen molar-refractivity contribution in [2.45, 2.75) is 12.7 Å². The number of hydrogen-bond acceptors (Lipinski definition) is 3. The van der Waals surface area contributed by atoms with Crippen LogP contribution in [0.1, 0.15) is 11.4 Å². The quantitative estimate of drug-likeness (QED) is 0.753. The van der Waals surface area contributed by atoms with E-state index in [0.29, 0.717) is 22.8 Å². The molecule has 2 aromatic heterocycles. The minimum absolute atomic E-state index is 0.397. The monoisotopic (exact) mass is 369 g/mol. The third-order valence-corrected chi connectivity index (χ3v) is 4.14. The summed E-state index contributed by atoms with van der Waals surface area (Å²) in [6.07, 6.45) is -2.89. The highest BCUT2D eigenvalue weighted by atomic mass is 35.5. The van der Waals surface area contributed by atoms with Gasteiger partial charge in [0.2, 0.25) is 0 Å². The van der Waals surface area contributed by atoms with Crippen LogP contribution in [0.2, 0.25) is 5.02 Å². The van der Waals surface area contributed by atoms with E-state index in [9.17, 15) is 13.2 Å². The molecule has 0 amide bonds. The van der Waals surface area contributed by atoms with Crippen LogP contribution in [0.4, 0.5) is 18.9 Å². The number of rotatable bonds is 4. The molecule has 0 aliphatic heterocycles. The summed E-state index contributed by atoms with van der Waals surface area (Å²) in [5.41, 5.74) is 1.80. The van der Waals surface area contributed by atoms with E-state index < -0.39 is 11.9 Å². The minimum Gasteiger partial charge on any atom is -0.379 e. The summed E-state index contributed by atoms with van der Waals surface area (Å²) in [4.78, 5) is 0. The fraction of sp³-hybridized carbons (Fsp3) is 0.250. The topological polar surface area (TPSA) is 47.7 Å². The van der Waals surface area contributed by atoms with Crippen LogP contribution in [0, 0.1) is 0 Å². The Balaban J connectivity index is 1.76. The molecular formula is C16H15ClF3N5. The second-order valence-electron chi connectivity index (χ2n) is 5.53. The van der Waals surface area contributed by atoms with Gasteiger partial charge in [-0.1, -0.05) is 23.7 Å². The van der Waals surface area contributed by atoms with E-state index in [0.717, 1.165) is 17.4 Å². The Morgan fingerprint density at radius 3 is 2.32 bits per heavy atom. The van der Waals surface area contributed by atoms with Crippen LogP contribution in [-0.2, 0) is 26.8 Å². The molecule has 0 bridgehead atoms. The average molecular weight is 370 g/mol. The molecular weight excluding hydrogens is 355 g/mol. The number of benzene rings is 1. The lowest BCUT2D eigenvalue weighted by Gasteiger charge is -2.08. The predicted molar refractivity (Wildman–Crippen MR) is 89.2 cm³/mol. The first kappa shape index (κ1) is 17.3. The summed E-state index contributed by atoms with van der Waals surface area (Å²) in [6, 6.07) is 8.10. The lowest BCUT2D eigenvalue weighted by atomic mass is 10.1. The minimum atomic E-state index is -4.46. The van der Waals surface area contributed by atoms with Crippen molar-refractivity contribution in [3.05, 3.63) is 52.9 Å². The summed E-state index contributed by atoms with van der Waals surface area (Å²) >= 11 is 6.05. The molecule has 0 radical (unpaired) electrons. The van der Waals surface area contributed by atoms with E-state index in [2.05, 4.69) is 15.5 Å². The van der Waals surface area contributed by atoms with Crippen LogP contribution in [0.25, 0.3) is 11.3 Å². The fourth-order valence-electron chi connectivity index (χ4n) is 2.46. The molecule has 2 heterocycles. The van der Waals surface area contributed by atoms with Crippen LogP contribution in [-0.4, -0.2) is 19.6 Å². The number of aromatic nitrogens is 4. The molecule has 3 aromatic rings. The number of hydrogen-bond donors (Lipinski definition) is 1. The summed E-state index contributed by atoms with van der Waals surface area (Å²) in [5, 5.41) is 11.4. The van der Waals surface area contributed by atoms with Crippen LogP contribution in [0.15, 0.2) is 36.5 Å². The highest BCUT2D eigenvalue weighted by molar-refractivity contribution is 6.31. The number of anilines is 1. The fourth-order valence-corrected chi connectivity index (χ4v) is 2.69. The predicted octanol–water partition coefficient (Wildman–Crippen LogP) is 4.10. The molecule has 9 heteroatoms. The number of nitrogens with one attached hydrogen (secondary N) is 1. The molecule has 0 saturated heterocycles. The second-order valence-corrected chi connectivity index (χ2v) is 5.94. The summed E-state index contributed by atoms with van der Waals surface area (Å²) in [7, 11) is 3.29. The zero-order chi connectivity index (χ0) is 18.2. The van der Waals surface area contributed by atoms with Crippen molar-refractivity contribution in [3.8, 4) is 11.3 Å². The molecule has 25 heavy (non-hydrogen) atoms. The third-order valence-electron chi connectivity index (χ3n) is 3.82. The molecule has 132 valence electrons. The molecule has 0 aliphatic carbocycles. The normalized spacial score (nSPS) is 11.8. The SMILES string of the molecule is Cn1nc(C(F)(F)F)cc1-c1ccc(NCc2c(Cl)cnn2C)cc1. The Bertz CT molecular complexity index is 861. The van der Waals surface area contributed by atoms with Gasteiger partial charge in [0, 0.05) is 19.8 Å². The summed E-state index contributed by atoms with van der Waals surface area (Å²) < 4.78 is 41.2. The van der Waals surface area contributed by atoms with Crippen LogP contribution < -0.4 is 5.32 Å². The van der Waals surface area contributed by atoms with Gasteiger partial charge in [0.25, 0.3) is 0 Å². The van der Waals surface area contributed by atoms with Crippen molar-refractivity contribution >= 4 is 17.3 Å². The molecule has 3 rings (SSSR count). The Kier molecular flexibility index (Phi) is 4.47. The Hall–Kier alpha value is -2.48. The Morgan fingerprint density at radius 1 is 1.12 bits per heavy atom. The van der Waals surface area contributed by atoms with Gasteiger partial charge in [-0.15, -0.1) is 0 Å². The lowest BCUT2D eigenvalue weighted by molar-refractivity contribution is -0.141. The zero-order valence-corrected chi connectivity index (χ0v) is 14.2. The molecule has 0 saturated carbocycles. The highest BCUT2D eigenvalue weighted by Crippen LogP contribution is 2.31. The van der Waals surface area contributed by atoms with Gasteiger partial charge in [0.1, 0.15) is 0 Å². The van der Waals surface area contributed by atoms with Crippen LogP contribution >= 0.6 is 11.6 Å². The summed E-state index contributed by atoms with van der Waals surface area (Å²) in [6.45, 7) is 0.485. The van der Waals surface area contributed by atoms with E-state index in [1.807, 2.05) is 0 Å². The smallest absolute Gasteiger partial charge is 0.379 e. The van der Waals surface area contributed by atoms with Crippen LogP contribution in [0.5, 0.6) is 0 Å². The van der Waals surface area contributed by atoms with Crippen LogP contribution in [0.3, 0.4) is 0 Å². The Morgan fingerprint density at radius 2 is 1.80 bits per heavy atom. The first-order chi connectivity index (χ1) is 11.8. The lowest BCUT2D eigenvalue weighted by Crippen LogP contribution is -2.06. The largest absolute Gasteiger partial charge is 0.435 e. The van der Waals surface area contributed by atoms with E-state index in [1.165, 1.54) is 11.7 Å². The van der Waals surface area contributed by atoms with E-state index in [1.54, 1.807) is 42.2 Å². The van der Waals surface area contributed by atoms with E-state index >= 15 is 0 Å². The van der Waals surface area contributed by atoms with E-state index in [4.69, 9.17) is 11.6 Å². The number of aryl methyl sites for hydroxylation is 2. The first-order valence-electron chi connectivity index (χ1n) is 7.37. The molecule has 0 unspecified atom stereocenters. The second kappa shape index (κ2) is 6.44. The van der Waals surface area contributed by atoms with Gasteiger partial charge >= 0.3 is 6.18 Å². The molecule has 0 atom stereocenters. The maximum atomic E-state index is 12.8. The van der Waals surface area contributed by atoms with E-state index in [-0.39, 0.29) is 0 Å². The zero-order valence-electron chi connectivity index (χ0n) is 13.5. The van der Waals surface area contributed by atoms with Gasteiger partial charge in [-0.2, -0.15) is 23.4 Å². The van der Waals surface area contributed by atoms with Crippen molar-refractivity contribution in [3.63, 3.8) is 0 Å². The maximum Gasteiger partial charge on any atom is 0.435 e. The number of alkyl halides is 3. The first-order valence-corrected chi connectivity index (χ1v) is 7.75. The molecule has 0 fully saturated rings. The van der Waals surface area contributed by atoms with Gasteiger partial charge in [-0.05, 0) is 23.8 Å². The number of halogens is 4. The third kappa shape index (κ3) is 3.63. The average Bonchev–Trinajstić information content (AvgIpc) is 3.09. The van der Waals surface area contributed by atoms with Gasteiger partial charge < -0.3 is 5.32 Å². The van der Waals surface area contributed by atoms with Crippen molar-refractivity contribution in [2.24, 2.45) is 14.1 Å². The van der Waals surface area contributed by atoms with Crippen molar-refractivity contribution in [2.75, 3.05) is 5.32 Å². The van der Waals surface area contributed by atoms with Crippen molar-refractivity contribution in [1.82, 2.24) is 19.6 Å². The highest BCUT2D eigenvalue weighted by Gasteiger charge is 2.34. The maximum absolute atomic E-state index is 12.8. The van der Waals surface area contributed by atoms with Crippen molar-refractivity contribution < 1.29 is 13.2 Å². The van der Waals surface area contributed by atoms with Gasteiger partial charge in [0.15, 0.2) is 5.69 Å². The molecule has 5 nitrogen and oxygen atoms in total. The number of nitrogens with zero attached hydrogens (tertiary/aromatic N) is 4. The van der Waals surface area contributed by atoms with Gasteiger partial charge in [-0.25, -0.2) is 0 Å². The standard InChI is InChI=1S/C16H15ClF3N5/c1-24-14(12(17)8-22-24)9-21-11-5-3-10(4-6-11)13-7-15(16(18,19)20)23-25(13)2/h3-8,21H,9H2,1-2H3. The molecule has 0 spiro atoms. The molecule has 1 N–H and O–H groups in total.